The molecule has 2 rings (SSSR count). The number of unbranched alkanes of at least 4 members (excludes halogenated alkanes) is 1. The Bertz CT molecular complexity index is 427. The van der Waals surface area contributed by atoms with Gasteiger partial charge in [0.2, 0.25) is 4.87 Å². The Kier molecular flexibility index (Phi) is 8.41. The predicted octanol–water partition coefficient (Wildman–Crippen LogP) is 5.52. The van der Waals surface area contributed by atoms with Gasteiger partial charge in [0.15, 0.2) is 0 Å². The normalized spacial score (nSPS) is 24.1. The second-order valence-electron chi connectivity index (χ2n) is 4.17. The summed E-state index contributed by atoms with van der Waals surface area (Å²) in [6.45, 7) is 3.35. The highest BCUT2D eigenvalue weighted by Gasteiger charge is 2.43. The lowest BCUT2D eigenvalue weighted by atomic mass is 10.1. The van der Waals surface area contributed by atoms with Crippen LogP contribution in [-0.4, -0.2) is 10.7 Å². The number of hydrogen-bond acceptors (Lipinski definition) is 7. The maximum absolute atomic E-state index is 5.77. The number of hydrogen-bond donors (Lipinski definition) is 1. The van der Waals surface area contributed by atoms with Gasteiger partial charge in [-0.1, -0.05) is 55.9 Å². The molecule has 0 unspecified atom stereocenters. The third kappa shape index (κ3) is 4.68. The number of quaternary nitrogens is 1. The lowest BCUT2D eigenvalue weighted by Gasteiger charge is -2.31. The van der Waals surface area contributed by atoms with E-state index in [4.69, 9.17) is 12.2 Å². The number of rotatable bonds is 5. The first-order valence-electron chi connectivity index (χ1n) is 6.26. The molecule has 0 saturated carbocycles. The van der Waals surface area contributed by atoms with Gasteiger partial charge in [-0.15, -0.1) is 0 Å². The van der Waals surface area contributed by atoms with Crippen LogP contribution in [0.3, 0.4) is 0 Å². The molecule has 0 aromatic heterocycles. The summed E-state index contributed by atoms with van der Waals surface area (Å²) in [6, 6.07) is 10.7. The summed E-state index contributed by atoms with van der Waals surface area (Å²) in [7, 11) is 10.9. The average Bonchev–Trinajstić information content (AvgIpc) is 2.47. The zero-order valence-corrected chi connectivity index (χ0v) is 16.7. The monoisotopic (exact) mass is 398 g/mol. The van der Waals surface area contributed by atoms with E-state index < -0.39 is 0 Å². The van der Waals surface area contributed by atoms with Crippen molar-refractivity contribution in [3.8, 4) is 0 Å². The molecule has 1 aliphatic heterocycles. The standard InChI is InChI=1S/C12H15NS7/c1-2-3-9-13-12(10-7-5-4-6-8-10)11(14)15-17-19-20-18-16-12/h4-8,13H,2-3,9H2,1H3/p+1/t12-/m0/s1. The molecule has 0 aliphatic carbocycles. The van der Waals surface area contributed by atoms with Crippen LogP contribution in [0.1, 0.15) is 25.3 Å². The van der Waals surface area contributed by atoms with E-state index >= 15 is 0 Å². The zero-order valence-electron chi connectivity index (χ0n) is 10.9. The molecule has 20 heavy (non-hydrogen) atoms. The van der Waals surface area contributed by atoms with Gasteiger partial charge in [-0.05, 0) is 67.3 Å². The molecule has 1 fully saturated rings. The SMILES string of the molecule is CCCC[NH2+][C@@]1(c2ccccc2)SSSSSSC1=S. The van der Waals surface area contributed by atoms with Crippen molar-refractivity contribution in [1.29, 1.82) is 0 Å². The van der Waals surface area contributed by atoms with Crippen LogP contribution < -0.4 is 5.32 Å². The first-order chi connectivity index (χ1) is 9.79. The first kappa shape index (κ1) is 17.7. The summed E-state index contributed by atoms with van der Waals surface area (Å²) in [4.78, 5) is -0.151. The molecule has 1 heterocycles. The minimum atomic E-state index is -0.151. The van der Waals surface area contributed by atoms with E-state index in [2.05, 4.69) is 42.6 Å². The summed E-state index contributed by atoms with van der Waals surface area (Å²) in [6.07, 6.45) is 2.45. The highest BCUT2D eigenvalue weighted by Crippen LogP contribution is 2.60. The maximum Gasteiger partial charge on any atom is 0.222 e. The third-order valence-corrected chi connectivity index (χ3v) is 15.1. The molecule has 1 nitrogen and oxygen atoms in total. The lowest BCUT2D eigenvalue weighted by Crippen LogP contribution is -2.95. The fourth-order valence-corrected chi connectivity index (χ4v) is 15.5. The van der Waals surface area contributed by atoms with Gasteiger partial charge in [-0.3, -0.25) is 0 Å². The second-order valence-corrected chi connectivity index (χ2v) is 14.3. The highest BCUT2D eigenvalue weighted by molar-refractivity contribution is 9.43. The van der Waals surface area contributed by atoms with Gasteiger partial charge in [0.1, 0.15) is 4.20 Å². The van der Waals surface area contributed by atoms with Crippen LogP contribution in [0.2, 0.25) is 0 Å². The molecule has 1 aromatic carbocycles. The predicted molar refractivity (Wildman–Crippen MR) is 108 cm³/mol. The Morgan fingerprint density at radius 3 is 2.60 bits per heavy atom. The maximum atomic E-state index is 5.77. The fraction of sp³-hybridized carbons (Fsp3) is 0.417. The molecule has 0 bridgehead atoms. The molecule has 2 N–H and O–H groups in total. The van der Waals surface area contributed by atoms with Crippen molar-refractivity contribution in [3.63, 3.8) is 0 Å². The van der Waals surface area contributed by atoms with Gasteiger partial charge in [0.05, 0.1) is 6.54 Å². The smallest absolute Gasteiger partial charge is 0.222 e. The number of nitrogens with two attached hydrogens (primary N) is 1. The van der Waals surface area contributed by atoms with Crippen molar-refractivity contribution in [2.24, 2.45) is 0 Å². The van der Waals surface area contributed by atoms with Crippen LogP contribution >= 0.6 is 73.1 Å². The summed E-state index contributed by atoms with van der Waals surface area (Å²) in [5.41, 5.74) is 1.30. The topological polar surface area (TPSA) is 16.6 Å². The Morgan fingerprint density at radius 1 is 1.10 bits per heavy atom. The Morgan fingerprint density at radius 2 is 1.85 bits per heavy atom. The van der Waals surface area contributed by atoms with E-state index in [1.807, 2.05) is 30.4 Å². The van der Waals surface area contributed by atoms with Gasteiger partial charge in [0, 0.05) is 5.56 Å². The molecule has 1 saturated heterocycles. The largest absolute Gasteiger partial charge is 0.323 e. The van der Waals surface area contributed by atoms with Crippen molar-refractivity contribution < 1.29 is 5.32 Å². The first-order valence-corrected chi connectivity index (χ1v) is 14.2. The minimum Gasteiger partial charge on any atom is -0.323 e. The van der Waals surface area contributed by atoms with Crippen LogP contribution in [-0.2, 0) is 4.87 Å². The highest BCUT2D eigenvalue weighted by atomic mass is 33.9. The summed E-state index contributed by atoms with van der Waals surface area (Å²) >= 11 is 5.77. The molecule has 0 amide bonds. The van der Waals surface area contributed by atoms with Crippen molar-refractivity contribution in [1.82, 2.24) is 0 Å². The molecule has 110 valence electrons. The van der Waals surface area contributed by atoms with Crippen LogP contribution in [0, 0.1) is 0 Å². The summed E-state index contributed by atoms with van der Waals surface area (Å²) in [5, 5.41) is 2.43. The van der Waals surface area contributed by atoms with Gasteiger partial charge >= 0.3 is 0 Å². The summed E-state index contributed by atoms with van der Waals surface area (Å²) in [5.74, 6) is 0. The van der Waals surface area contributed by atoms with Crippen LogP contribution in [0.4, 0.5) is 0 Å². The van der Waals surface area contributed by atoms with E-state index in [0.29, 0.717) is 0 Å². The Labute approximate surface area is 148 Å². The van der Waals surface area contributed by atoms with Gasteiger partial charge in [-0.2, -0.15) is 0 Å². The Balaban J connectivity index is 2.27. The van der Waals surface area contributed by atoms with E-state index in [-0.39, 0.29) is 4.87 Å². The second kappa shape index (κ2) is 9.50. The molecule has 0 spiro atoms. The molecular weight excluding hydrogens is 383 g/mol. The van der Waals surface area contributed by atoms with Gasteiger partial charge < -0.3 is 5.32 Å². The molecular formula is C12H16NS7+. The third-order valence-electron chi connectivity index (χ3n) is 2.85. The molecule has 1 aliphatic rings. The quantitative estimate of drug-likeness (QED) is 0.394. The van der Waals surface area contributed by atoms with Crippen LogP contribution in [0.15, 0.2) is 30.3 Å². The summed E-state index contributed by atoms with van der Waals surface area (Å²) < 4.78 is 1.06. The van der Waals surface area contributed by atoms with Crippen LogP contribution in [0.25, 0.3) is 0 Å². The van der Waals surface area contributed by atoms with E-state index in [0.717, 1.165) is 10.7 Å². The van der Waals surface area contributed by atoms with Crippen molar-refractivity contribution in [2.75, 3.05) is 6.54 Å². The number of thiocarbonyl (C=S) groups is 1. The minimum absolute atomic E-state index is 0.151. The van der Waals surface area contributed by atoms with E-state index in [1.54, 1.807) is 30.4 Å². The van der Waals surface area contributed by atoms with Gasteiger partial charge in [0.25, 0.3) is 0 Å². The number of benzene rings is 1. The van der Waals surface area contributed by atoms with Crippen molar-refractivity contribution >= 4 is 77.3 Å². The fourth-order valence-electron chi connectivity index (χ4n) is 1.83. The van der Waals surface area contributed by atoms with E-state index in [1.165, 1.54) is 18.4 Å². The molecule has 8 heteroatoms. The van der Waals surface area contributed by atoms with Gasteiger partial charge in [-0.25, -0.2) is 0 Å². The molecule has 0 radical (unpaired) electrons. The van der Waals surface area contributed by atoms with Crippen LogP contribution in [0.5, 0.6) is 0 Å². The molecule has 1 atom stereocenters. The lowest BCUT2D eigenvalue weighted by molar-refractivity contribution is -0.692. The van der Waals surface area contributed by atoms with Crippen molar-refractivity contribution in [2.45, 2.75) is 24.6 Å². The van der Waals surface area contributed by atoms with E-state index in [9.17, 15) is 0 Å². The zero-order chi connectivity index (χ0) is 14.3. The Hall–Kier alpha value is 1.37. The molecule has 1 aromatic rings. The average molecular weight is 399 g/mol. The van der Waals surface area contributed by atoms with Crippen molar-refractivity contribution in [3.05, 3.63) is 35.9 Å².